The summed E-state index contributed by atoms with van der Waals surface area (Å²) in [6.45, 7) is 3.87. The van der Waals surface area contributed by atoms with E-state index < -0.39 is 0 Å². The number of ether oxygens (including phenoxy) is 1. The van der Waals surface area contributed by atoms with E-state index in [0.717, 1.165) is 16.2 Å². The van der Waals surface area contributed by atoms with Crippen LogP contribution in [0.5, 0.6) is 5.75 Å². The molecule has 2 aromatic rings. The summed E-state index contributed by atoms with van der Waals surface area (Å²) >= 11 is 5.90. The van der Waals surface area contributed by atoms with Gasteiger partial charge in [-0.3, -0.25) is 0 Å². The van der Waals surface area contributed by atoms with Crippen LogP contribution < -0.4 is 9.80 Å². The second-order valence-corrected chi connectivity index (χ2v) is 5.55. The van der Waals surface area contributed by atoms with E-state index >= 15 is 0 Å². The number of nitrogens with zero attached hydrogens (tertiary/aromatic N) is 1. The first-order valence-electron chi connectivity index (χ1n) is 6.55. The monoisotopic (exact) mass is 288 g/mol. The van der Waals surface area contributed by atoms with Crippen molar-refractivity contribution in [3.05, 3.63) is 58.6 Å². The zero-order valence-corrected chi connectivity index (χ0v) is 12.1. The minimum absolute atomic E-state index is 0.219. The van der Waals surface area contributed by atoms with Crippen molar-refractivity contribution in [2.45, 2.75) is 26.0 Å². The van der Waals surface area contributed by atoms with Crippen LogP contribution in [0, 0.1) is 6.92 Å². The highest BCUT2D eigenvalue weighted by molar-refractivity contribution is 6.30. The SMILES string of the molecule is Cc1ccc2c(c1)N([O])C(c1ccc(Cl)cc1)C(C)O2. The van der Waals surface area contributed by atoms with Gasteiger partial charge in [0.05, 0.1) is 0 Å². The van der Waals surface area contributed by atoms with Crippen LogP contribution in [0.1, 0.15) is 24.1 Å². The van der Waals surface area contributed by atoms with Crippen LogP contribution in [0.15, 0.2) is 42.5 Å². The smallest absolute Gasteiger partial charge is 0.145 e. The van der Waals surface area contributed by atoms with Gasteiger partial charge >= 0.3 is 0 Å². The first kappa shape index (κ1) is 13.3. The maximum Gasteiger partial charge on any atom is 0.145 e. The molecule has 20 heavy (non-hydrogen) atoms. The number of rotatable bonds is 1. The molecule has 0 spiro atoms. The van der Waals surface area contributed by atoms with Crippen LogP contribution >= 0.6 is 11.6 Å². The summed E-state index contributed by atoms with van der Waals surface area (Å²) in [4.78, 5) is 0. The van der Waals surface area contributed by atoms with Crippen LogP contribution in [0.2, 0.25) is 5.02 Å². The number of anilines is 1. The van der Waals surface area contributed by atoms with Crippen LogP contribution in [-0.4, -0.2) is 6.10 Å². The van der Waals surface area contributed by atoms with E-state index in [-0.39, 0.29) is 12.1 Å². The van der Waals surface area contributed by atoms with Gasteiger partial charge in [0, 0.05) is 5.02 Å². The summed E-state index contributed by atoms with van der Waals surface area (Å²) in [5.74, 6) is 0.642. The van der Waals surface area contributed by atoms with E-state index in [1.807, 2.05) is 44.2 Å². The molecular weight excluding hydrogens is 274 g/mol. The molecule has 2 unspecified atom stereocenters. The Hall–Kier alpha value is -1.71. The van der Waals surface area contributed by atoms with Crippen LogP contribution in [0.4, 0.5) is 5.69 Å². The molecule has 103 valence electrons. The minimum Gasteiger partial charge on any atom is -0.486 e. The van der Waals surface area contributed by atoms with E-state index in [0.29, 0.717) is 16.5 Å². The maximum atomic E-state index is 12.7. The molecule has 4 heteroatoms. The van der Waals surface area contributed by atoms with Gasteiger partial charge in [0.2, 0.25) is 0 Å². The van der Waals surface area contributed by atoms with Gasteiger partial charge in [-0.1, -0.05) is 35.0 Å². The van der Waals surface area contributed by atoms with E-state index in [1.54, 1.807) is 12.1 Å². The van der Waals surface area contributed by atoms with Crippen molar-refractivity contribution in [3.8, 4) is 5.75 Å². The molecule has 1 heterocycles. The molecule has 0 N–H and O–H groups in total. The van der Waals surface area contributed by atoms with Crippen molar-refractivity contribution >= 4 is 17.3 Å². The van der Waals surface area contributed by atoms with Gasteiger partial charge in [-0.2, -0.15) is 0 Å². The highest BCUT2D eigenvalue weighted by Gasteiger charge is 2.35. The summed E-state index contributed by atoms with van der Waals surface area (Å²) < 4.78 is 5.88. The fraction of sp³-hybridized carbons (Fsp3) is 0.250. The Labute approximate surface area is 123 Å². The van der Waals surface area contributed by atoms with Crippen LogP contribution in [-0.2, 0) is 5.21 Å². The third kappa shape index (κ3) is 2.23. The standard InChI is InChI=1S/C16H15ClNO2/c1-10-3-8-15-14(9-10)18(19)16(11(2)20-15)12-4-6-13(17)7-5-12/h3-9,11,16H,1-2H3. The Bertz CT molecular complexity index is 627. The zero-order valence-electron chi connectivity index (χ0n) is 11.3. The molecule has 1 aliphatic rings. The molecule has 0 amide bonds. The normalized spacial score (nSPS) is 21.3. The highest BCUT2D eigenvalue weighted by atomic mass is 35.5. The fourth-order valence-electron chi connectivity index (χ4n) is 2.57. The number of fused-ring (bicyclic) bond motifs is 1. The van der Waals surface area contributed by atoms with Crippen LogP contribution in [0.3, 0.4) is 0 Å². The lowest BCUT2D eigenvalue weighted by atomic mass is 9.99. The van der Waals surface area contributed by atoms with Crippen molar-refractivity contribution in [1.82, 2.24) is 0 Å². The van der Waals surface area contributed by atoms with E-state index in [9.17, 15) is 5.21 Å². The minimum atomic E-state index is -0.360. The van der Waals surface area contributed by atoms with Gasteiger partial charge in [0.15, 0.2) is 0 Å². The summed E-state index contributed by atoms with van der Waals surface area (Å²) in [5.41, 5.74) is 2.53. The first-order chi connectivity index (χ1) is 9.56. The molecule has 0 saturated carbocycles. The molecule has 2 aromatic carbocycles. The molecule has 3 rings (SSSR count). The number of hydroxylamine groups is 1. The molecule has 2 atom stereocenters. The van der Waals surface area contributed by atoms with Crippen molar-refractivity contribution in [3.63, 3.8) is 0 Å². The van der Waals surface area contributed by atoms with E-state index in [4.69, 9.17) is 16.3 Å². The highest BCUT2D eigenvalue weighted by Crippen LogP contribution is 2.41. The quantitative estimate of drug-likeness (QED) is 0.782. The first-order valence-corrected chi connectivity index (χ1v) is 6.93. The summed E-state index contributed by atoms with van der Waals surface area (Å²) in [7, 11) is 0. The molecule has 0 saturated heterocycles. The molecule has 1 aliphatic heterocycles. The van der Waals surface area contributed by atoms with Gasteiger partial charge in [-0.25, -0.2) is 5.06 Å². The molecule has 3 nitrogen and oxygen atoms in total. The number of hydrogen-bond acceptors (Lipinski definition) is 2. The maximum absolute atomic E-state index is 12.7. The third-order valence-corrected chi connectivity index (χ3v) is 3.83. The predicted molar refractivity (Wildman–Crippen MR) is 78.6 cm³/mol. The Morgan fingerprint density at radius 2 is 1.85 bits per heavy atom. The lowest BCUT2D eigenvalue weighted by molar-refractivity contribution is 0.0533. The van der Waals surface area contributed by atoms with Gasteiger partial charge in [0.1, 0.15) is 23.6 Å². The zero-order chi connectivity index (χ0) is 14.3. The Kier molecular flexibility index (Phi) is 3.32. The molecule has 0 fully saturated rings. The number of halogens is 1. The average Bonchev–Trinajstić information content (AvgIpc) is 2.42. The summed E-state index contributed by atoms with van der Waals surface area (Å²) in [6, 6.07) is 12.6. The van der Waals surface area contributed by atoms with E-state index in [1.165, 1.54) is 0 Å². The fourth-order valence-corrected chi connectivity index (χ4v) is 2.70. The van der Waals surface area contributed by atoms with Crippen molar-refractivity contribution in [2.24, 2.45) is 0 Å². The molecule has 1 radical (unpaired) electrons. The third-order valence-electron chi connectivity index (χ3n) is 3.57. The van der Waals surface area contributed by atoms with Crippen molar-refractivity contribution in [2.75, 3.05) is 5.06 Å². The number of aryl methyl sites for hydroxylation is 1. The Balaban J connectivity index is 2.03. The van der Waals surface area contributed by atoms with E-state index in [2.05, 4.69) is 0 Å². The molecule has 0 bridgehead atoms. The predicted octanol–water partition coefficient (Wildman–Crippen LogP) is 4.32. The average molecular weight is 289 g/mol. The number of benzene rings is 2. The second-order valence-electron chi connectivity index (χ2n) is 5.12. The molecule has 0 aromatic heterocycles. The summed E-state index contributed by atoms with van der Waals surface area (Å²) in [5, 5.41) is 14.4. The van der Waals surface area contributed by atoms with Crippen molar-refractivity contribution < 1.29 is 9.94 Å². The second kappa shape index (κ2) is 5.00. The lowest BCUT2D eigenvalue weighted by Gasteiger charge is -2.37. The van der Waals surface area contributed by atoms with Gasteiger partial charge in [0.25, 0.3) is 0 Å². The van der Waals surface area contributed by atoms with Crippen molar-refractivity contribution in [1.29, 1.82) is 0 Å². The molecule has 0 aliphatic carbocycles. The Morgan fingerprint density at radius 1 is 1.15 bits per heavy atom. The largest absolute Gasteiger partial charge is 0.486 e. The topological polar surface area (TPSA) is 32.4 Å². The summed E-state index contributed by atoms with van der Waals surface area (Å²) in [6.07, 6.45) is -0.219. The Morgan fingerprint density at radius 3 is 2.55 bits per heavy atom. The lowest BCUT2D eigenvalue weighted by Crippen LogP contribution is -2.39. The molecular formula is C16H15ClNO2. The van der Waals surface area contributed by atoms with Crippen LogP contribution in [0.25, 0.3) is 0 Å². The van der Waals surface area contributed by atoms with Gasteiger partial charge in [-0.05, 0) is 49.2 Å². The number of hydrogen-bond donors (Lipinski definition) is 0. The van der Waals surface area contributed by atoms with Gasteiger partial charge < -0.3 is 4.74 Å². The van der Waals surface area contributed by atoms with Gasteiger partial charge in [-0.15, -0.1) is 0 Å².